The van der Waals surface area contributed by atoms with Crippen molar-refractivity contribution in [2.45, 2.75) is 24.7 Å². The van der Waals surface area contributed by atoms with Crippen LogP contribution in [0.1, 0.15) is 5.56 Å². The fraction of sp³-hybridized carbons (Fsp3) is 0.364. The molecule has 1 aliphatic rings. The van der Waals surface area contributed by atoms with E-state index in [0.717, 1.165) is 12.1 Å². The van der Waals surface area contributed by atoms with Crippen LogP contribution in [-0.4, -0.2) is 29.3 Å². The molecule has 1 aliphatic heterocycles. The second-order valence-corrected chi connectivity index (χ2v) is 4.68. The Morgan fingerprint density at radius 1 is 1.24 bits per heavy atom. The van der Waals surface area contributed by atoms with Crippen molar-refractivity contribution >= 4 is 17.6 Å². The number of hydrogen-bond donors (Lipinski definition) is 2. The summed E-state index contributed by atoms with van der Waals surface area (Å²) in [5.41, 5.74) is 5.34. The summed E-state index contributed by atoms with van der Waals surface area (Å²) in [5, 5.41) is 8.52. The first-order chi connectivity index (χ1) is 9.53. The molecule has 1 unspecified atom stereocenters. The first-order valence-electron chi connectivity index (χ1n) is 5.48. The lowest BCUT2D eigenvalue weighted by Gasteiger charge is -2.32. The molecule has 0 saturated carbocycles. The molecule has 3 N–H and O–H groups in total. The van der Waals surface area contributed by atoms with E-state index in [1.807, 2.05) is 0 Å². The van der Waals surface area contributed by atoms with Gasteiger partial charge in [0.25, 0.3) is 0 Å². The molecule has 0 fully saturated rings. The van der Waals surface area contributed by atoms with E-state index in [0.29, 0.717) is 0 Å². The van der Waals surface area contributed by atoms with Gasteiger partial charge in [0.1, 0.15) is 6.04 Å². The Labute approximate surface area is 120 Å². The number of rotatable bonds is 3. The van der Waals surface area contributed by atoms with Crippen molar-refractivity contribution < 1.29 is 36.9 Å². The maximum absolute atomic E-state index is 13.0. The molecule has 0 spiro atoms. The lowest BCUT2D eigenvalue weighted by molar-refractivity contribution is -0.391. The lowest BCUT2D eigenvalue weighted by atomic mass is 10.1. The van der Waals surface area contributed by atoms with Gasteiger partial charge in [-0.2, -0.15) is 17.6 Å². The summed E-state index contributed by atoms with van der Waals surface area (Å²) in [7, 11) is 0. The van der Waals surface area contributed by atoms with Crippen LogP contribution in [0.3, 0.4) is 0 Å². The Bertz CT molecular complexity index is 596. The fourth-order valence-electron chi connectivity index (χ4n) is 1.61. The van der Waals surface area contributed by atoms with Crippen LogP contribution < -0.4 is 15.2 Å². The normalized spacial score (nSPS) is 19.9. The van der Waals surface area contributed by atoms with Crippen LogP contribution in [0.2, 0.25) is 5.02 Å². The number of benzene rings is 1. The maximum Gasteiger partial charge on any atom is 0.507 e. The lowest BCUT2D eigenvalue weighted by Crippen LogP contribution is -2.52. The quantitative estimate of drug-likeness (QED) is 0.831. The summed E-state index contributed by atoms with van der Waals surface area (Å²) in [6, 6.07) is 0.389. The van der Waals surface area contributed by atoms with Gasteiger partial charge in [0.2, 0.25) is 0 Å². The Morgan fingerprint density at radius 2 is 1.71 bits per heavy atom. The Morgan fingerprint density at radius 3 is 2.19 bits per heavy atom. The first kappa shape index (κ1) is 15.6. The van der Waals surface area contributed by atoms with Gasteiger partial charge < -0.3 is 20.3 Å². The van der Waals surface area contributed by atoms with Gasteiger partial charge in [0, 0.05) is 11.1 Å². The van der Waals surface area contributed by atoms with E-state index in [1.165, 1.54) is 0 Å². The Hall–Kier alpha value is -1.74. The molecule has 1 aromatic carbocycles. The van der Waals surface area contributed by atoms with Crippen LogP contribution in [0.25, 0.3) is 0 Å². The molecular formula is C11H8ClF4NO4. The highest BCUT2D eigenvalue weighted by molar-refractivity contribution is 6.31. The van der Waals surface area contributed by atoms with Crippen molar-refractivity contribution in [3.05, 3.63) is 22.7 Å². The van der Waals surface area contributed by atoms with Gasteiger partial charge >= 0.3 is 18.2 Å². The highest BCUT2D eigenvalue weighted by atomic mass is 35.5. The van der Waals surface area contributed by atoms with Crippen LogP contribution in [0.4, 0.5) is 17.6 Å². The van der Waals surface area contributed by atoms with E-state index in [9.17, 15) is 22.4 Å². The van der Waals surface area contributed by atoms with Crippen molar-refractivity contribution in [1.29, 1.82) is 0 Å². The summed E-state index contributed by atoms with van der Waals surface area (Å²) < 4.78 is 59.8. The van der Waals surface area contributed by atoms with Gasteiger partial charge in [-0.05, 0) is 18.1 Å². The smallest absolute Gasteiger partial charge is 0.480 e. The van der Waals surface area contributed by atoms with Crippen molar-refractivity contribution in [2.24, 2.45) is 5.73 Å². The minimum absolute atomic E-state index is 0.0509. The average Bonchev–Trinajstić information content (AvgIpc) is 2.32. The van der Waals surface area contributed by atoms with E-state index >= 15 is 0 Å². The van der Waals surface area contributed by atoms with E-state index in [-0.39, 0.29) is 17.0 Å². The number of hydrogen-bond acceptors (Lipinski definition) is 4. The van der Waals surface area contributed by atoms with Crippen molar-refractivity contribution in [3.8, 4) is 11.5 Å². The highest BCUT2D eigenvalue weighted by Gasteiger charge is 2.66. The van der Waals surface area contributed by atoms with E-state index in [2.05, 4.69) is 9.47 Å². The maximum atomic E-state index is 13.0. The SMILES string of the molecule is NC(Cc1cc2c(cc1Cl)OC(F)(F)C(F)(F)O2)C(=O)O. The molecule has 0 radical (unpaired) electrons. The molecule has 116 valence electrons. The fourth-order valence-corrected chi connectivity index (χ4v) is 1.84. The zero-order valence-corrected chi connectivity index (χ0v) is 10.8. The minimum Gasteiger partial charge on any atom is -0.480 e. The van der Waals surface area contributed by atoms with Crippen LogP contribution in [0.15, 0.2) is 12.1 Å². The topological polar surface area (TPSA) is 81.8 Å². The third-order valence-electron chi connectivity index (χ3n) is 2.68. The van der Waals surface area contributed by atoms with Crippen LogP contribution >= 0.6 is 11.6 Å². The van der Waals surface area contributed by atoms with Gasteiger partial charge in [-0.1, -0.05) is 11.6 Å². The summed E-state index contributed by atoms with van der Waals surface area (Å²) in [6.45, 7) is 0. The summed E-state index contributed by atoms with van der Waals surface area (Å²) >= 11 is 5.76. The summed E-state index contributed by atoms with van der Waals surface area (Å²) in [5.74, 6) is -2.69. The van der Waals surface area contributed by atoms with E-state index < -0.39 is 35.7 Å². The number of fused-ring (bicyclic) bond motifs is 1. The largest absolute Gasteiger partial charge is 0.507 e. The molecule has 0 amide bonds. The summed E-state index contributed by atoms with van der Waals surface area (Å²) in [6.07, 6.45) is -10.0. The average molecular weight is 330 g/mol. The molecule has 21 heavy (non-hydrogen) atoms. The molecule has 1 aromatic rings. The second kappa shape index (κ2) is 4.92. The molecule has 10 heteroatoms. The number of carboxylic acid groups (broad SMARTS) is 1. The van der Waals surface area contributed by atoms with Crippen molar-refractivity contribution in [3.63, 3.8) is 0 Å². The highest BCUT2D eigenvalue weighted by Crippen LogP contribution is 2.48. The number of carboxylic acids is 1. The molecule has 0 saturated heterocycles. The minimum atomic E-state index is -4.86. The Balaban J connectivity index is 2.37. The zero-order valence-electron chi connectivity index (χ0n) is 10.1. The molecule has 0 aromatic heterocycles. The summed E-state index contributed by atoms with van der Waals surface area (Å²) in [4.78, 5) is 10.6. The molecule has 0 aliphatic carbocycles. The molecule has 2 rings (SSSR count). The molecule has 5 nitrogen and oxygen atoms in total. The van der Waals surface area contributed by atoms with E-state index in [4.69, 9.17) is 22.4 Å². The van der Waals surface area contributed by atoms with Gasteiger partial charge in [-0.25, -0.2) is 0 Å². The van der Waals surface area contributed by atoms with Gasteiger partial charge in [-0.15, -0.1) is 0 Å². The number of halogens is 5. The van der Waals surface area contributed by atoms with Gasteiger partial charge in [0.15, 0.2) is 11.5 Å². The molecular weight excluding hydrogens is 322 g/mol. The van der Waals surface area contributed by atoms with Gasteiger partial charge in [-0.3, -0.25) is 4.79 Å². The van der Waals surface area contributed by atoms with Crippen molar-refractivity contribution in [2.75, 3.05) is 0 Å². The standard InChI is InChI=1S/C11H8ClF4NO4/c12-5-3-8-7(2-4(5)1-6(17)9(18)19)20-10(13,14)11(15,16)21-8/h2-3,6H,1,17H2,(H,18,19). The Kier molecular flexibility index (Phi) is 3.66. The number of aliphatic carboxylic acids is 1. The molecule has 0 bridgehead atoms. The van der Waals surface area contributed by atoms with E-state index in [1.54, 1.807) is 0 Å². The monoisotopic (exact) mass is 329 g/mol. The van der Waals surface area contributed by atoms with Gasteiger partial charge in [0.05, 0.1) is 0 Å². The van der Waals surface area contributed by atoms with Crippen molar-refractivity contribution in [1.82, 2.24) is 0 Å². The van der Waals surface area contributed by atoms with Crippen LogP contribution in [0.5, 0.6) is 11.5 Å². The number of nitrogens with two attached hydrogens (primary N) is 1. The number of alkyl halides is 4. The number of ether oxygens (including phenoxy) is 2. The second-order valence-electron chi connectivity index (χ2n) is 4.28. The molecule has 1 atom stereocenters. The van der Waals surface area contributed by atoms with Crippen LogP contribution in [0, 0.1) is 0 Å². The predicted molar refractivity (Wildman–Crippen MR) is 61.9 cm³/mol. The first-order valence-corrected chi connectivity index (χ1v) is 5.86. The van der Waals surface area contributed by atoms with Crippen LogP contribution in [-0.2, 0) is 11.2 Å². The number of carbonyl (C=O) groups is 1. The third kappa shape index (κ3) is 2.84. The predicted octanol–water partition coefficient (Wildman–Crippen LogP) is 2.25. The third-order valence-corrected chi connectivity index (χ3v) is 3.04. The molecule has 1 heterocycles. The zero-order chi connectivity index (χ0) is 16.0.